The molecule has 8 nitrogen and oxygen atoms in total. The van der Waals surface area contributed by atoms with Gasteiger partial charge in [-0.05, 0) is 24.5 Å². The Bertz CT molecular complexity index is 976. The fourth-order valence-corrected chi connectivity index (χ4v) is 4.64. The summed E-state index contributed by atoms with van der Waals surface area (Å²) in [6.45, 7) is 7.11. The summed E-state index contributed by atoms with van der Waals surface area (Å²) in [4.78, 5) is 26.3. The van der Waals surface area contributed by atoms with Crippen LogP contribution in [0, 0.1) is 0 Å². The minimum absolute atomic E-state index is 0.0702. The Hall–Kier alpha value is -2.26. The maximum atomic E-state index is 13.1. The maximum Gasteiger partial charge on any atom is 0.254 e. The van der Waals surface area contributed by atoms with Crippen LogP contribution in [0.1, 0.15) is 28.8 Å². The van der Waals surface area contributed by atoms with Gasteiger partial charge in [0.1, 0.15) is 0 Å². The first-order chi connectivity index (χ1) is 15.7. The molecule has 2 fully saturated rings. The molecular formula is C23H28ClN5O3. The van der Waals surface area contributed by atoms with E-state index in [1.54, 1.807) is 6.20 Å². The van der Waals surface area contributed by atoms with Gasteiger partial charge in [0.15, 0.2) is 0 Å². The minimum Gasteiger partial charge on any atom is -0.381 e. The third-order valence-corrected chi connectivity index (χ3v) is 6.63. The van der Waals surface area contributed by atoms with Gasteiger partial charge in [0.25, 0.3) is 5.91 Å². The molecule has 1 aromatic carbocycles. The molecule has 3 aliphatic rings. The molecule has 0 saturated carbocycles. The maximum absolute atomic E-state index is 13.1. The van der Waals surface area contributed by atoms with Gasteiger partial charge >= 0.3 is 0 Å². The van der Waals surface area contributed by atoms with E-state index < -0.39 is 0 Å². The number of rotatable bonds is 6. The molecule has 1 N–H and O–H groups in total. The third kappa shape index (κ3) is 4.73. The molecule has 2 aromatic rings. The van der Waals surface area contributed by atoms with Crippen molar-refractivity contribution in [3.8, 4) is 11.3 Å². The molecule has 0 atom stereocenters. The number of amides is 1. The van der Waals surface area contributed by atoms with Crippen molar-refractivity contribution in [2.24, 2.45) is 0 Å². The van der Waals surface area contributed by atoms with E-state index in [9.17, 15) is 4.79 Å². The van der Waals surface area contributed by atoms with Gasteiger partial charge in [-0.2, -0.15) is 0 Å². The number of hydrogen-bond donors (Lipinski definition) is 1. The van der Waals surface area contributed by atoms with Crippen LogP contribution in [0.15, 0.2) is 24.4 Å². The van der Waals surface area contributed by atoms with Crippen molar-refractivity contribution in [2.45, 2.75) is 25.4 Å². The summed E-state index contributed by atoms with van der Waals surface area (Å²) in [5.41, 5.74) is 3.25. The van der Waals surface area contributed by atoms with Gasteiger partial charge in [-0.25, -0.2) is 9.97 Å². The normalized spacial score (nSPS) is 19.9. The molecule has 170 valence electrons. The Kier molecular flexibility index (Phi) is 6.54. The number of ether oxygens (including phenoxy) is 2. The van der Waals surface area contributed by atoms with Crippen molar-refractivity contribution in [1.29, 1.82) is 0 Å². The molecular weight excluding hydrogens is 430 g/mol. The number of carbonyl (C=O) groups excluding carboxylic acids is 1. The largest absolute Gasteiger partial charge is 0.381 e. The highest BCUT2D eigenvalue weighted by molar-refractivity contribution is 6.33. The molecule has 3 aliphatic heterocycles. The Morgan fingerprint density at radius 3 is 2.69 bits per heavy atom. The number of aromatic nitrogens is 2. The SMILES string of the molecule is O=C1c2cc(-c3nc(NC4CCOCC4)ncc3Cl)ccc2CN1CCN1CCOCC1. The van der Waals surface area contributed by atoms with E-state index in [0.29, 0.717) is 29.3 Å². The average Bonchev–Trinajstić information content (AvgIpc) is 3.15. The molecule has 0 bridgehead atoms. The zero-order chi connectivity index (χ0) is 21.9. The highest BCUT2D eigenvalue weighted by Gasteiger charge is 2.28. The number of hydrogen-bond acceptors (Lipinski definition) is 7. The van der Waals surface area contributed by atoms with Crippen molar-refractivity contribution >= 4 is 23.5 Å². The van der Waals surface area contributed by atoms with E-state index in [1.165, 1.54) is 0 Å². The minimum atomic E-state index is 0.0702. The average molecular weight is 458 g/mol. The summed E-state index contributed by atoms with van der Waals surface area (Å²) in [7, 11) is 0. The van der Waals surface area contributed by atoms with Crippen molar-refractivity contribution in [3.63, 3.8) is 0 Å². The number of nitrogens with zero attached hydrogens (tertiary/aromatic N) is 4. The molecule has 5 rings (SSSR count). The molecule has 0 spiro atoms. The fourth-order valence-electron chi connectivity index (χ4n) is 4.44. The number of benzene rings is 1. The summed E-state index contributed by atoms with van der Waals surface area (Å²) < 4.78 is 10.8. The second-order valence-electron chi connectivity index (χ2n) is 8.47. The van der Waals surface area contributed by atoms with E-state index >= 15 is 0 Å². The number of nitrogens with one attached hydrogen (secondary N) is 1. The van der Waals surface area contributed by atoms with Crippen molar-refractivity contribution in [2.75, 3.05) is 57.9 Å². The number of fused-ring (bicyclic) bond motifs is 1. The van der Waals surface area contributed by atoms with Gasteiger partial charge in [-0.3, -0.25) is 9.69 Å². The molecule has 0 unspecified atom stereocenters. The van der Waals surface area contributed by atoms with Gasteiger partial charge < -0.3 is 19.7 Å². The third-order valence-electron chi connectivity index (χ3n) is 6.35. The summed E-state index contributed by atoms with van der Waals surface area (Å²) >= 11 is 6.44. The van der Waals surface area contributed by atoms with Crippen LogP contribution in [0.5, 0.6) is 0 Å². The van der Waals surface area contributed by atoms with Crippen LogP contribution in [0.3, 0.4) is 0 Å². The van der Waals surface area contributed by atoms with Crippen molar-refractivity contribution < 1.29 is 14.3 Å². The van der Waals surface area contributed by atoms with E-state index in [1.807, 2.05) is 23.1 Å². The topological polar surface area (TPSA) is 79.8 Å². The Morgan fingerprint density at radius 2 is 1.88 bits per heavy atom. The standard InChI is InChI=1S/C23H28ClN5O3/c24-20-14-25-23(26-18-3-9-31-10-4-18)27-21(20)16-1-2-17-15-29(22(30)19(17)13-16)6-5-28-7-11-32-12-8-28/h1-2,13-14,18H,3-12,15H2,(H,25,26,27). The van der Waals surface area contributed by atoms with Gasteiger partial charge in [0.2, 0.25) is 5.95 Å². The van der Waals surface area contributed by atoms with Crippen LogP contribution in [-0.2, 0) is 16.0 Å². The lowest BCUT2D eigenvalue weighted by Crippen LogP contribution is -2.41. The van der Waals surface area contributed by atoms with E-state index in [2.05, 4.69) is 20.2 Å². The first kappa shape index (κ1) is 21.6. The highest BCUT2D eigenvalue weighted by Crippen LogP contribution is 2.31. The summed E-state index contributed by atoms with van der Waals surface area (Å²) in [6.07, 6.45) is 3.47. The smallest absolute Gasteiger partial charge is 0.254 e. The Labute approximate surface area is 192 Å². The van der Waals surface area contributed by atoms with Gasteiger partial charge in [-0.15, -0.1) is 0 Å². The lowest BCUT2D eigenvalue weighted by Gasteiger charge is -2.28. The Balaban J connectivity index is 1.30. The molecule has 4 heterocycles. The number of anilines is 1. The van der Waals surface area contributed by atoms with Crippen LogP contribution in [-0.4, -0.2) is 84.3 Å². The van der Waals surface area contributed by atoms with E-state index in [4.69, 9.17) is 21.1 Å². The molecule has 0 radical (unpaired) electrons. The summed E-state index contributed by atoms with van der Waals surface area (Å²) in [5, 5.41) is 3.85. The van der Waals surface area contributed by atoms with E-state index in [0.717, 1.165) is 82.1 Å². The zero-order valence-corrected chi connectivity index (χ0v) is 18.8. The number of halogens is 1. The van der Waals surface area contributed by atoms with Gasteiger partial charge in [-0.1, -0.05) is 23.7 Å². The molecule has 1 amide bonds. The van der Waals surface area contributed by atoms with Gasteiger partial charge in [0.05, 0.1) is 30.1 Å². The first-order valence-electron chi connectivity index (χ1n) is 11.3. The van der Waals surface area contributed by atoms with Crippen molar-refractivity contribution in [3.05, 3.63) is 40.5 Å². The lowest BCUT2D eigenvalue weighted by molar-refractivity contribution is 0.0327. The predicted octanol–water partition coefficient (Wildman–Crippen LogP) is 2.68. The Morgan fingerprint density at radius 1 is 1.09 bits per heavy atom. The van der Waals surface area contributed by atoms with Crippen LogP contribution in [0.2, 0.25) is 5.02 Å². The second-order valence-corrected chi connectivity index (χ2v) is 8.88. The second kappa shape index (κ2) is 9.70. The summed E-state index contributed by atoms with van der Waals surface area (Å²) in [6, 6.07) is 6.21. The molecule has 1 aromatic heterocycles. The molecule has 0 aliphatic carbocycles. The summed E-state index contributed by atoms with van der Waals surface area (Å²) in [5.74, 6) is 0.621. The van der Waals surface area contributed by atoms with E-state index in [-0.39, 0.29) is 5.91 Å². The van der Waals surface area contributed by atoms with Gasteiger partial charge in [0, 0.05) is 63.1 Å². The van der Waals surface area contributed by atoms with Crippen LogP contribution in [0.4, 0.5) is 5.95 Å². The molecule has 9 heteroatoms. The quantitative estimate of drug-likeness (QED) is 0.714. The van der Waals surface area contributed by atoms with Crippen LogP contribution in [0.25, 0.3) is 11.3 Å². The highest BCUT2D eigenvalue weighted by atomic mass is 35.5. The number of carbonyl (C=O) groups is 1. The lowest BCUT2D eigenvalue weighted by atomic mass is 10.0. The zero-order valence-electron chi connectivity index (χ0n) is 18.1. The number of morpholine rings is 1. The molecule has 2 saturated heterocycles. The molecule has 32 heavy (non-hydrogen) atoms. The fraction of sp³-hybridized carbons (Fsp3) is 0.522. The van der Waals surface area contributed by atoms with Crippen LogP contribution >= 0.6 is 11.6 Å². The first-order valence-corrected chi connectivity index (χ1v) is 11.6. The predicted molar refractivity (Wildman–Crippen MR) is 122 cm³/mol. The van der Waals surface area contributed by atoms with Crippen LogP contribution < -0.4 is 5.32 Å². The van der Waals surface area contributed by atoms with Crippen molar-refractivity contribution in [1.82, 2.24) is 19.8 Å². The monoisotopic (exact) mass is 457 g/mol.